The molecule has 0 amide bonds. The predicted molar refractivity (Wildman–Crippen MR) is 78.5 cm³/mol. The molecule has 1 unspecified atom stereocenters. The molecule has 2 nitrogen and oxygen atoms in total. The minimum absolute atomic E-state index is 0.540. The van der Waals surface area contributed by atoms with Crippen molar-refractivity contribution in [1.29, 1.82) is 0 Å². The molecule has 1 aromatic rings. The highest BCUT2D eigenvalue weighted by Crippen LogP contribution is 2.11. The molecule has 0 aliphatic rings. The van der Waals surface area contributed by atoms with Gasteiger partial charge in [-0.1, -0.05) is 28.1 Å². The molecule has 1 rings (SSSR count). The highest BCUT2D eigenvalue weighted by molar-refractivity contribution is 9.10. The molecule has 0 aliphatic carbocycles. The van der Waals surface area contributed by atoms with Crippen LogP contribution in [0.5, 0.6) is 0 Å². The van der Waals surface area contributed by atoms with E-state index < -0.39 is 0 Å². The summed E-state index contributed by atoms with van der Waals surface area (Å²) in [5.74, 6) is 0. The highest BCUT2D eigenvalue weighted by atomic mass is 79.9. The van der Waals surface area contributed by atoms with Crippen molar-refractivity contribution >= 4 is 15.9 Å². The summed E-state index contributed by atoms with van der Waals surface area (Å²) in [4.78, 5) is 2.22. The highest BCUT2D eigenvalue weighted by Gasteiger charge is 2.02. The van der Waals surface area contributed by atoms with Gasteiger partial charge < -0.3 is 10.2 Å². The van der Waals surface area contributed by atoms with Crippen LogP contribution in [0.15, 0.2) is 28.7 Å². The molecule has 3 heteroatoms. The SMILES string of the molecule is CC(Cc1ccc(Br)cc1)NCCCN(C)C. The van der Waals surface area contributed by atoms with E-state index in [2.05, 4.69) is 71.4 Å². The average molecular weight is 299 g/mol. The number of halogens is 1. The van der Waals surface area contributed by atoms with E-state index in [4.69, 9.17) is 0 Å². The van der Waals surface area contributed by atoms with Gasteiger partial charge in [-0.2, -0.15) is 0 Å². The van der Waals surface area contributed by atoms with Crippen molar-refractivity contribution in [2.75, 3.05) is 27.2 Å². The van der Waals surface area contributed by atoms with Crippen LogP contribution in [0, 0.1) is 0 Å². The number of rotatable bonds is 7. The van der Waals surface area contributed by atoms with Gasteiger partial charge in [0, 0.05) is 10.5 Å². The Balaban J connectivity index is 2.20. The second-order valence-electron chi connectivity index (χ2n) is 4.84. The Morgan fingerprint density at radius 2 is 1.88 bits per heavy atom. The third-order valence-corrected chi connectivity index (χ3v) is 3.26. The van der Waals surface area contributed by atoms with E-state index in [-0.39, 0.29) is 0 Å². The van der Waals surface area contributed by atoms with Crippen LogP contribution in [0.25, 0.3) is 0 Å². The lowest BCUT2D eigenvalue weighted by molar-refractivity contribution is 0.388. The number of hydrogen-bond acceptors (Lipinski definition) is 2. The number of nitrogens with one attached hydrogen (secondary N) is 1. The molecule has 0 saturated carbocycles. The summed E-state index contributed by atoms with van der Waals surface area (Å²) in [7, 11) is 4.23. The molecule has 0 bridgehead atoms. The summed E-state index contributed by atoms with van der Waals surface area (Å²) in [6.07, 6.45) is 2.30. The van der Waals surface area contributed by atoms with Gasteiger partial charge in [-0.3, -0.25) is 0 Å². The van der Waals surface area contributed by atoms with E-state index in [9.17, 15) is 0 Å². The largest absolute Gasteiger partial charge is 0.314 e. The summed E-state index contributed by atoms with van der Waals surface area (Å²) in [5.41, 5.74) is 1.39. The quantitative estimate of drug-likeness (QED) is 0.779. The summed E-state index contributed by atoms with van der Waals surface area (Å²) in [6.45, 7) is 4.49. The van der Waals surface area contributed by atoms with Crippen LogP contribution in [0.2, 0.25) is 0 Å². The molecule has 0 spiro atoms. The van der Waals surface area contributed by atoms with E-state index in [1.807, 2.05) is 0 Å². The molecule has 0 aliphatic heterocycles. The zero-order chi connectivity index (χ0) is 12.7. The lowest BCUT2D eigenvalue weighted by Crippen LogP contribution is -2.30. The Labute approximate surface area is 114 Å². The van der Waals surface area contributed by atoms with Gasteiger partial charge in [0.1, 0.15) is 0 Å². The number of benzene rings is 1. The summed E-state index contributed by atoms with van der Waals surface area (Å²) < 4.78 is 1.15. The zero-order valence-electron chi connectivity index (χ0n) is 11.0. The van der Waals surface area contributed by atoms with Crippen molar-refractivity contribution in [2.45, 2.75) is 25.8 Å². The second-order valence-corrected chi connectivity index (χ2v) is 5.76. The molecule has 1 N–H and O–H groups in total. The van der Waals surface area contributed by atoms with Crippen molar-refractivity contribution in [1.82, 2.24) is 10.2 Å². The standard InChI is InChI=1S/C14H23BrN2/c1-12(16-9-4-10-17(2)3)11-13-5-7-14(15)8-6-13/h5-8,12,16H,4,9-11H2,1-3H3. The number of nitrogens with zero attached hydrogens (tertiary/aromatic N) is 1. The maximum absolute atomic E-state index is 3.56. The first-order valence-corrected chi connectivity index (χ1v) is 7.00. The molecular weight excluding hydrogens is 276 g/mol. The molecule has 0 saturated heterocycles. The van der Waals surface area contributed by atoms with E-state index in [1.54, 1.807) is 0 Å². The van der Waals surface area contributed by atoms with Crippen LogP contribution in [0.3, 0.4) is 0 Å². The zero-order valence-corrected chi connectivity index (χ0v) is 12.6. The first kappa shape index (κ1) is 14.7. The maximum Gasteiger partial charge on any atom is 0.0175 e. The van der Waals surface area contributed by atoms with E-state index in [0.29, 0.717) is 6.04 Å². The third-order valence-electron chi connectivity index (χ3n) is 2.73. The normalized spacial score (nSPS) is 13.0. The molecule has 96 valence electrons. The fourth-order valence-electron chi connectivity index (χ4n) is 1.79. The van der Waals surface area contributed by atoms with Crippen LogP contribution in [-0.2, 0) is 6.42 Å². The summed E-state index contributed by atoms with van der Waals surface area (Å²) in [6, 6.07) is 9.12. The molecule has 1 atom stereocenters. The Morgan fingerprint density at radius 1 is 1.24 bits per heavy atom. The van der Waals surface area contributed by atoms with Gasteiger partial charge in [-0.05, 0) is 64.6 Å². The van der Waals surface area contributed by atoms with Gasteiger partial charge in [0.05, 0.1) is 0 Å². The van der Waals surface area contributed by atoms with Crippen molar-refractivity contribution in [2.24, 2.45) is 0 Å². The van der Waals surface area contributed by atoms with E-state index in [1.165, 1.54) is 12.0 Å². The van der Waals surface area contributed by atoms with Crippen molar-refractivity contribution in [3.63, 3.8) is 0 Å². The fourth-order valence-corrected chi connectivity index (χ4v) is 2.05. The molecular formula is C14H23BrN2. The molecule has 17 heavy (non-hydrogen) atoms. The lowest BCUT2D eigenvalue weighted by Gasteiger charge is -2.15. The summed E-state index contributed by atoms with van der Waals surface area (Å²) in [5, 5.41) is 3.56. The molecule has 0 heterocycles. The van der Waals surface area contributed by atoms with Crippen LogP contribution in [0.1, 0.15) is 18.9 Å². The fraction of sp³-hybridized carbons (Fsp3) is 0.571. The molecule has 0 aromatic heterocycles. The van der Waals surface area contributed by atoms with Crippen LogP contribution in [-0.4, -0.2) is 38.1 Å². The van der Waals surface area contributed by atoms with E-state index >= 15 is 0 Å². The van der Waals surface area contributed by atoms with Crippen LogP contribution >= 0.6 is 15.9 Å². The molecule has 0 fully saturated rings. The Morgan fingerprint density at radius 3 is 2.47 bits per heavy atom. The summed E-state index contributed by atoms with van der Waals surface area (Å²) >= 11 is 3.46. The topological polar surface area (TPSA) is 15.3 Å². The van der Waals surface area contributed by atoms with Gasteiger partial charge in [0.15, 0.2) is 0 Å². The van der Waals surface area contributed by atoms with Crippen LogP contribution < -0.4 is 5.32 Å². The van der Waals surface area contributed by atoms with E-state index in [0.717, 1.165) is 24.0 Å². The third kappa shape index (κ3) is 6.81. The second kappa shape index (κ2) is 7.85. The molecule has 0 radical (unpaired) electrons. The predicted octanol–water partition coefficient (Wildman–Crippen LogP) is 2.92. The van der Waals surface area contributed by atoms with Gasteiger partial charge in [0.25, 0.3) is 0 Å². The minimum Gasteiger partial charge on any atom is -0.314 e. The molecule has 1 aromatic carbocycles. The Bertz CT molecular complexity index is 309. The van der Waals surface area contributed by atoms with Crippen molar-refractivity contribution in [3.8, 4) is 0 Å². The van der Waals surface area contributed by atoms with Gasteiger partial charge in [-0.25, -0.2) is 0 Å². The Kier molecular flexibility index (Phi) is 6.78. The first-order valence-electron chi connectivity index (χ1n) is 6.20. The minimum atomic E-state index is 0.540. The lowest BCUT2D eigenvalue weighted by atomic mass is 10.1. The smallest absolute Gasteiger partial charge is 0.0175 e. The van der Waals surface area contributed by atoms with Gasteiger partial charge >= 0.3 is 0 Å². The first-order chi connectivity index (χ1) is 8.08. The van der Waals surface area contributed by atoms with Crippen LogP contribution in [0.4, 0.5) is 0 Å². The maximum atomic E-state index is 3.56. The monoisotopic (exact) mass is 298 g/mol. The van der Waals surface area contributed by atoms with Gasteiger partial charge in [0.2, 0.25) is 0 Å². The average Bonchev–Trinajstić information content (AvgIpc) is 2.27. The van der Waals surface area contributed by atoms with Crippen molar-refractivity contribution < 1.29 is 0 Å². The number of hydrogen-bond donors (Lipinski definition) is 1. The van der Waals surface area contributed by atoms with Gasteiger partial charge in [-0.15, -0.1) is 0 Å². The Hall–Kier alpha value is -0.380. The van der Waals surface area contributed by atoms with Crippen molar-refractivity contribution in [3.05, 3.63) is 34.3 Å².